The van der Waals surface area contributed by atoms with Crippen LogP contribution in [-0.2, 0) is 4.79 Å². The first-order chi connectivity index (χ1) is 6.50. The van der Waals surface area contributed by atoms with Crippen LogP contribution in [0.5, 0.6) is 0 Å². The molecule has 0 aliphatic rings. The van der Waals surface area contributed by atoms with Gasteiger partial charge in [0.2, 0.25) is 5.82 Å². The first-order valence-electron chi connectivity index (χ1n) is 3.87. The summed E-state index contributed by atoms with van der Waals surface area (Å²) in [6.45, 7) is 1.29. The van der Waals surface area contributed by atoms with Gasteiger partial charge >= 0.3 is 5.97 Å². The first-order valence-corrected chi connectivity index (χ1v) is 3.87. The molecule has 0 unspecified atom stereocenters. The number of aromatic nitrogens is 3. The SMILES string of the molecule is Cc1nc(C(=O)N(C)CC(=O)O)n[nH]1. The molecule has 0 aromatic carbocycles. The minimum atomic E-state index is -1.08. The molecule has 0 fully saturated rings. The van der Waals surface area contributed by atoms with Crippen LogP contribution in [0.2, 0.25) is 0 Å². The van der Waals surface area contributed by atoms with Gasteiger partial charge in [-0.2, -0.15) is 0 Å². The maximum absolute atomic E-state index is 11.4. The lowest BCUT2D eigenvalue weighted by Gasteiger charge is -2.11. The van der Waals surface area contributed by atoms with E-state index in [2.05, 4.69) is 15.2 Å². The van der Waals surface area contributed by atoms with E-state index in [0.717, 1.165) is 4.90 Å². The maximum Gasteiger partial charge on any atom is 0.323 e. The normalized spacial score (nSPS) is 9.86. The summed E-state index contributed by atoms with van der Waals surface area (Å²) in [6, 6.07) is 0. The van der Waals surface area contributed by atoms with Crippen LogP contribution in [0, 0.1) is 6.92 Å². The number of rotatable bonds is 3. The molecule has 0 bridgehead atoms. The second-order valence-corrected chi connectivity index (χ2v) is 2.80. The number of carbonyl (C=O) groups is 2. The van der Waals surface area contributed by atoms with Gasteiger partial charge in [-0.15, -0.1) is 5.10 Å². The number of nitrogens with zero attached hydrogens (tertiary/aromatic N) is 3. The van der Waals surface area contributed by atoms with E-state index >= 15 is 0 Å². The van der Waals surface area contributed by atoms with Gasteiger partial charge in [-0.1, -0.05) is 0 Å². The molecule has 0 radical (unpaired) electrons. The average molecular weight is 198 g/mol. The largest absolute Gasteiger partial charge is 0.480 e. The molecule has 0 aliphatic carbocycles. The van der Waals surface area contributed by atoms with Crippen molar-refractivity contribution in [2.75, 3.05) is 13.6 Å². The third-order valence-electron chi connectivity index (χ3n) is 1.51. The molecule has 0 aliphatic heterocycles. The number of likely N-dealkylation sites (N-methyl/N-ethyl adjacent to an activating group) is 1. The van der Waals surface area contributed by atoms with E-state index in [4.69, 9.17) is 5.11 Å². The molecule has 1 amide bonds. The Hall–Kier alpha value is -1.92. The fourth-order valence-corrected chi connectivity index (χ4v) is 0.884. The lowest BCUT2D eigenvalue weighted by molar-refractivity contribution is -0.137. The van der Waals surface area contributed by atoms with E-state index in [1.165, 1.54) is 7.05 Å². The van der Waals surface area contributed by atoms with Crippen LogP contribution in [0.15, 0.2) is 0 Å². The molecule has 1 aromatic rings. The number of carboxylic acids is 1. The number of aryl methyl sites for hydroxylation is 1. The third kappa shape index (κ3) is 2.28. The van der Waals surface area contributed by atoms with Gasteiger partial charge < -0.3 is 10.0 Å². The Bertz CT molecular complexity index is 360. The van der Waals surface area contributed by atoms with Crippen molar-refractivity contribution >= 4 is 11.9 Å². The zero-order valence-corrected chi connectivity index (χ0v) is 7.81. The highest BCUT2D eigenvalue weighted by molar-refractivity contribution is 5.92. The van der Waals surface area contributed by atoms with Crippen molar-refractivity contribution in [2.45, 2.75) is 6.92 Å². The number of aromatic amines is 1. The number of amides is 1. The number of H-pyrrole nitrogens is 1. The predicted octanol–water partition coefficient (Wildman–Crippen LogP) is -0.730. The summed E-state index contributed by atoms with van der Waals surface area (Å²) >= 11 is 0. The summed E-state index contributed by atoms with van der Waals surface area (Å²) in [6.07, 6.45) is 0. The second-order valence-electron chi connectivity index (χ2n) is 2.80. The minimum Gasteiger partial charge on any atom is -0.480 e. The number of aliphatic carboxylic acids is 1. The summed E-state index contributed by atoms with van der Waals surface area (Å²) in [4.78, 5) is 26.5. The van der Waals surface area contributed by atoms with Crippen molar-refractivity contribution in [3.8, 4) is 0 Å². The molecular formula is C7H10N4O3. The van der Waals surface area contributed by atoms with Crippen LogP contribution < -0.4 is 0 Å². The molecule has 0 saturated heterocycles. The highest BCUT2D eigenvalue weighted by Crippen LogP contribution is 1.96. The highest BCUT2D eigenvalue weighted by Gasteiger charge is 2.17. The average Bonchev–Trinajstić information content (AvgIpc) is 2.49. The van der Waals surface area contributed by atoms with Crippen molar-refractivity contribution < 1.29 is 14.7 Å². The number of carbonyl (C=O) groups excluding carboxylic acids is 1. The molecule has 1 heterocycles. The van der Waals surface area contributed by atoms with E-state index in [0.29, 0.717) is 5.82 Å². The Morgan fingerprint density at radius 2 is 2.21 bits per heavy atom. The van der Waals surface area contributed by atoms with E-state index in [1.54, 1.807) is 6.92 Å². The smallest absolute Gasteiger partial charge is 0.323 e. The molecule has 2 N–H and O–H groups in total. The minimum absolute atomic E-state index is 0.0220. The zero-order valence-electron chi connectivity index (χ0n) is 7.81. The van der Waals surface area contributed by atoms with E-state index in [1.807, 2.05) is 0 Å². The summed E-state index contributed by atoms with van der Waals surface area (Å²) in [5.41, 5.74) is 0. The van der Waals surface area contributed by atoms with Crippen molar-refractivity contribution in [1.82, 2.24) is 20.1 Å². The van der Waals surface area contributed by atoms with E-state index in [9.17, 15) is 9.59 Å². The Morgan fingerprint density at radius 1 is 1.57 bits per heavy atom. The zero-order chi connectivity index (χ0) is 10.7. The Kier molecular flexibility index (Phi) is 2.80. The number of carboxylic acid groups (broad SMARTS) is 1. The molecule has 7 nitrogen and oxygen atoms in total. The van der Waals surface area contributed by atoms with Crippen molar-refractivity contribution in [3.63, 3.8) is 0 Å². The molecule has 7 heteroatoms. The molecular weight excluding hydrogens is 188 g/mol. The van der Waals surface area contributed by atoms with Crippen molar-refractivity contribution in [1.29, 1.82) is 0 Å². The molecule has 76 valence electrons. The second kappa shape index (κ2) is 3.86. The quantitative estimate of drug-likeness (QED) is 0.667. The predicted molar refractivity (Wildman–Crippen MR) is 45.7 cm³/mol. The van der Waals surface area contributed by atoms with Gasteiger partial charge in [0.25, 0.3) is 5.91 Å². The number of hydrogen-bond donors (Lipinski definition) is 2. The van der Waals surface area contributed by atoms with Gasteiger partial charge in [0.05, 0.1) is 0 Å². The standard InChI is InChI=1S/C7H10N4O3/c1-4-8-6(10-9-4)7(14)11(2)3-5(12)13/h3H2,1-2H3,(H,12,13)(H,8,9,10). The molecule has 1 rings (SSSR count). The van der Waals surface area contributed by atoms with Gasteiger partial charge in [0.15, 0.2) is 0 Å². The van der Waals surface area contributed by atoms with Gasteiger partial charge in [-0.3, -0.25) is 14.7 Å². The fourth-order valence-electron chi connectivity index (χ4n) is 0.884. The Morgan fingerprint density at radius 3 is 2.64 bits per heavy atom. The van der Waals surface area contributed by atoms with Gasteiger partial charge in [-0.05, 0) is 6.92 Å². The molecule has 1 aromatic heterocycles. The lowest BCUT2D eigenvalue weighted by Crippen LogP contribution is -2.32. The van der Waals surface area contributed by atoms with Crippen molar-refractivity contribution in [3.05, 3.63) is 11.6 Å². The number of nitrogens with one attached hydrogen (secondary N) is 1. The summed E-state index contributed by atoms with van der Waals surface area (Å²) in [5.74, 6) is -1.10. The molecule has 0 atom stereocenters. The van der Waals surface area contributed by atoms with Crippen LogP contribution in [-0.4, -0.2) is 50.7 Å². The van der Waals surface area contributed by atoms with Crippen LogP contribution in [0.1, 0.15) is 16.4 Å². The summed E-state index contributed by atoms with van der Waals surface area (Å²) in [7, 11) is 1.38. The lowest BCUT2D eigenvalue weighted by atomic mass is 10.4. The monoisotopic (exact) mass is 198 g/mol. The third-order valence-corrected chi connectivity index (χ3v) is 1.51. The highest BCUT2D eigenvalue weighted by atomic mass is 16.4. The first kappa shape index (κ1) is 10.2. The Labute approximate surface area is 79.8 Å². The molecule has 0 saturated carbocycles. The summed E-state index contributed by atoms with van der Waals surface area (Å²) < 4.78 is 0. The number of hydrogen-bond acceptors (Lipinski definition) is 4. The maximum atomic E-state index is 11.4. The van der Waals surface area contributed by atoms with E-state index in [-0.39, 0.29) is 12.4 Å². The van der Waals surface area contributed by atoms with Gasteiger partial charge in [0, 0.05) is 7.05 Å². The topological polar surface area (TPSA) is 99.2 Å². The Balaban J connectivity index is 2.70. The molecule has 14 heavy (non-hydrogen) atoms. The van der Waals surface area contributed by atoms with Crippen LogP contribution in [0.3, 0.4) is 0 Å². The van der Waals surface area contributed by atoms with Crippen LogP contribution >= 0.6 is 0 Å². The van der Waals surface area contributed by atoms with Gasteiger partial charge in [0.1, 0.15) is 12.4 Å². The van der Waals surface area contributed by atoms with E-state index < -0.39 is 11.9 Å². The van der Waals surface area contributed by atoms with Crippen molar-refractivity contribution in [2.24, 2.45) is 0 Å². The van der Waals surface area contributed by atoms with Gasteiger partial charge in [-0.25, -0.2) is 4.98 Å². The molecule has 0 spiro atoms. The summed E-state index contributed by atoms with van der Waals surface area (Å²) in [5, 5.41) is 14.6. The van der Waals surface area contributed by atoms with Crippen LogP contribution in [0.4, 0.5) is 0 Å². The van der Waals surface area contributed by atoms with Crippen LogP contribution in [0.25, 0.3) is 0 Å². The fraction of sp³-hybridized carbons (Fsp3) is 0.429.